The normalized spacial score (nSPS) is 15.5. The fourth-order valence-electron chi connectivity index (χ4n) is 3.60. The molecule has 0 saturated heterocycles. The highest BCUT2D eigenvalue weighted by Crippen LogP contribution is 2.39. The van der Waals surface area contributed by atoms with Gasteiger partial charge in [-0.25, -0.2) is 0 Å². The van der Waals surface area contributed by atoms with Gasteiger partial charge in [0.1, 0.15) is 5.75 Å². The summed E-state index contributed by atoms with van der Waals surface area (Å²) in [5.41, 5.74) is 6.07. The van der Waals surface area contributed by atoms with E-state index in [0.29, 0.717) is 16.7 Å². The van der Waals surface area contributed by atoms with Gasteiger partial charge in [0.15, 0.2) is 11.6 Å². The Morgan fingerprint density at radius 1 is 0.957 bits per heavy atom. The standard InChI is InChI=1S/C20H16O3/c1-11-9-18(21)19-16-5-3-12-10-13(23-2)4-6-14(12)15(16)7-8-17(19)20(11)22/h4,6-10H,3,5H2,1-2H3. The predicted molar refractivity (Wildman–Crippen MR) is 88.3 cm³/mol. The van der Waals surface area contributed by atoms with E-state index >= 15 is 0 Å². The number of carbonyl (C=O) groups is 2. The van der Waals surface area contributed by atoms with Crippen molar-refractivity contribution in [1.82, 2.24) is 0 Å². The topological polar surface area (TPSA) is 43.4 Å². The van der Waals surface area contributed by atoms with Crippen LogP contribution in [-0.4, -0.2) is 18.7 Å². The zero-order valence-corrected chi connectivity index (χ0v) is 13.1. The Morgan fingerprint density at radius 3 is 2.48 bits per heavy atom. The van der Waals surface area contributed by atoms with Crippen molar-refractivity contribution in [3.05, 3.63) is 64.2 Å². The van der Waals surface area contributed by atoms with E-state index in [4.69, 9.17) is 4.74 Å². The lowest BCUT2D eigenvalue weighted by Crippen LogP contribution is -2.20. The molecule has 2 aliphatic carbocycles. The Kier molecular flexibility index (Phi) is 2.98. The monoisotopic (exact) mass is 304 g/mol. The summed E-state index contributed by atoms with van der Waals surface area (Å²) in [5, 5.41) is 0. The van der Waals surface area contributed by atoms with Crippen molar-refractivity contribution in [2.24, 2.45) is 0 Å². The maximum absolute atomic E-state index is 12.5. The van der Waals surface area contributed by atoms with Gasteiger partial charge in [-0.2, -0.15) is 0 Å². The highest BCUT2D eigenvalue weighted by molar-refractivity contribution is 6.25. The summed E-state index contributed by atoms with van der Waals surface area (Å²) in [6.07, 6.45) is 3.08. The molecule has 0 spiro atoms. The fourth-order valence-corrected chi connectivity index (χ4v) is 3.60. The quantitative estimate of drug-likeness (QED) is 0.805. The maximum Gasteiger partial charge on any atom is 0.189 e. The summed E-state index contributed by atoms with van der Waals surface area (Å²) in [6.45, 7) is 1.70. The van der Waals surface area contributed by atoms with Gasteiger partial charge in [-0.1, -0.05) is 12.1 Å². The molecule has 0 N–H and O–H groups in total. The number of allylic oxidation sites excluding steroid dienone is 2. The Hall–Kier alpha value is -2.68. The van der Waals surface area contributed by atoms with Crippen LogP contribution in [0.3, 0.4) is 0 Å². The average Bonchev–Trinajstić information content (AvgIpc) is 2.57. The predicted octanol–water partition coefficient (Wildman–Crippen LogP) is 3.79. The zero-order valence-electron chi connectivity index (χ0n) is 13.1. The largest absolute Gasteiger partial charge is 0.497 e. The van der Waals surface area contributed by atoms with Crippen molar-refractivity contribution in [3.8, 4) is 16.9 Å². The molecule has 0 atom stereocenters. The molecule has 0 fully saturated rings. The van der Waals surface area contributed by atoms with Crippen LogP contribution in [0.1, 0.15) is 38.8 Å². The van der Waals surface area contributed by atoms with Crippen LogP contribution in [0.25, 0.3) is 11.1 Å². The van der Waals surface area contributed by atoms with Crippen LogP contribution in [-0.2, 0) is 12.8 Å². The van der Waals surface area contributed by atoms with Crippen LogP contribution < -0.4 is 4.74 Å². The number of aryl methyl sites for hydroxylation is 1. The molecule has 0 unspecified atom stereocenters. The lowest BCUT2D eigenvalue weighted by molar-refractivity contribution is 0.0984. The second-order valence-corrected chi connectivity index (χ2v) is 6.06. The van der Waals surface area contributed by atoms with E-state index in [-0.39, 0.29) is 11.6 Å². The van der Waals surface area contributed by atoms with E-state index in [1.165, 1.54) is 11.6 Å². The van der Waals surface area contributed by atoms with Gasteiger partial charge < -0.3 is 4.74 Å². The number of ether oxygens (including phenoxy) is 1. The van der Waals surface area contributed by atoms with E-state index in [9.17, 15) is 9.59 Å². The molecule has 2 aromatic carbocycles. The highest BCUT2D eigenvalue weighted by Gasteiger charge is 2.29. The molecule has 0 aliphatic heterocycles. The Labute approximate surface area is 134 Å². The zero-order chi connectivity index (χ0) is 16.1. The summed E-state index contributed by atoms with van der Waals surface area (Å²) in [5.74, 6) is 0.754. The number of fused-ring (bicyclic) bond motifs is 5. The van der Waals surface area contributed by atoms with E-state index in [1.807, 2.05) is 18.2 Å². The summed E-state index contributed by atoms with van der Waals surface area (Å²) in [4.78, 5) is 24.8. The molecule has 4 rings (SSSR count). The molecule has 3 nitrogen and oxygen atoms in total. The van der Waals surface area contributed by atoms with Crippen molar-refractivity contribution < 1.29 is 14.3 Å². The molecule has 0 aromatic heterocycles. The minimum absolute atomic E-state index is 0.0390. The van der Waals surface area contributed by atoms with Gasteiger partial charge in [-0.05, 0) is 66.3 Å². The first-order valence-electron chi connectivity index (χ1n) is 7.70. The molecule has 0 saturated carbocycles. The Balaban J connectivity index is 1.95. The molecule has 2 aliphatic rings. The summed E-state index contributed by atoms with van der Waals surface area (Å²) < 4.78 is 5.30. The van der Waals surface area contributed by atoms with Crippen molar-refractivity contribution in [3.63, 3.8) is 0 Å². The first kappa shape index (κ1) is 13.9. The van der Waals surface area contributed by atoms with Gasteiger partial charge in [0.25, 0.3) is 0 Å². The molecule has 114 valence electrons. The second kappa shape index (κ2) is 4.92. The summed E-state index contributed by atoms with van der Waals surface area (Å²) in [6, 6.07) is 9.79. The lowest BCUT2D eigenvalue weighted by Gasteiger charge is -2.25. The minimum Gasteiger partial charge on any atom is -0.497 e. The molecule has 23 heavy (non-hydrogen) atoms. The van der Waals surface area contributed by atoms with Gasteiger partial charge >= 0.3 is 0 Å². The van der Waals surface area contributed by atoms with Crippen molar-refractivity contribution in [1.29, 1.82) is 0 Å². The van der Waals surface area contributed by atoms with E-state index in [0.717, 1.165) is 35.3 Å². The van der Waals surface area contributed by atoms with Crippen LogP contribution >= 0.6 is 0 Å². The SMILES string of the molecule is COc1ccc2c(c1)CCc1c-2ccc2c1C(=O)C=C(C)C2=O. The smallest absolute Gasteiger partial charge is 0.189 e. The summed E-state index contributed by atoms with van der Waals surface area (Å²) in [7, 11) is 1.66. The minimum atomic E-state index is -0.0501. The van der Waals surface area contributed by atoms with Crippen LogP contribution in [0, 0.1) is 0 Å². The maximum atomic E-state index is 12.5. The molecular weight excluding hydrogens is 288 g/mol. The third-order valence-electron chi connectivity index (χ3n) is 4.76. The number of carbonyl (C=O) groups excluding carboxylic acids is 2. The van der Waals surface area contributed by atoms with E-state index in [1.54, 1.807) is 20.1 Å². The summed E-state index contributed by atoms with van der Waals surface area (Å²) >= 11 is 0. The fraction of sp³-hybridized carbons (Fsp3) is 0.200. The number of ketones is 2. The molecule has 0 heterocycles. The Morgan fingerprint density at radius 2 is 1.70 bits per heavy atom. The average molecular weight is 304 g/mol. The van der Waals surface area contributed by atoms with E-state index < -0.39 is 0 Å². The first-order chi connectivity index (χ1) is 11.1. The van der Waals surface area contributed by atoms with Crippen LogP contribution in [0.4, 0.5) is 0 Å². The third-order valence-corrected chi connectivity index (χ3v) is 4.76. The molecular formula is C20H16O3. The van der Waals surface area contributed by atoms with Crippen molar-refractivity contribution >= 4 is 11.6 Å². The highest BCUT2D eigenvalue weighted by atomic mass is 16.5. The number of methoxy groups -OCH3 is 1. The van der Waals surface area contributed by atoms with Gasteiger partial charge in [0.2, 0.25) is 0 Å². The molecule has 0 bridgehead atoms. The lowest BCUT2D eigenvalue weighted by atomic mass is 9.78. The molecule has 0 amide bonds. The number of hydrogen-bond acceptors (Lipinski definition) is 3. The molecule has 2 aromatic rings. The van der Waals surface area contributed by atoms with Crippen molar-refractivity contribution in [2.45, 2.75) is 19.8 Å². The number of benzene rings is 2. The Bertz CT molecular complexity index is 903. The molecule has 0 radical (unpaired) electrons. The second-order valence-electron chi connectivity index (χ2n) is 6.06. The third kappa shape index (κ3) is 1.96. The number of rotatable bonds is 1. The number of hydrogen-bond donors (Lipinski definition) is 0. The molecule has 3 heteroatoms. The number of Topliss-reactive ketones (excluding diaryl/α,β-unsaturated/α-hetero) is 1. The van der Waals surface area contributed by atoms with Crippen LogP contribution in [0.2, 0.25) is 0 Å². The van der Waals surface area contributed by atoms with E-state index in [2.05, 4.69) is 6.07 Å². The van der Waals surface area contributed by atoms with Crippen molar-refractivity contribution in [2.75, 3.05) is 7.11 Å². The van der Waals surface area contributed by atoms with Gasteiger partial charge in [0.05, 0.1) is 7.11 Å². The van der Waals surface area contributed by atoms with Crippen LogP contribution in [0.15, 0.2) is 42.0 Å². The van der Waals surface area contributed by atoms with Gasteiger partial charge in [0, 0.05) is 16.7 Å². The van der Waals surface area contributed by atoms with Gasteiger partial charge in [-0.15, -0.1) is 0 Å². The van der Waals surface area contributed by atoms with Gasteiger partial charge in [-0.3, -0.25) is 9.59 Å². The van der Waals surface area contributed by atoms with Crippen LogP contribution in [0.5, 0.6) is 5.75 Å². The first-order valence-corrected chi connectivity index (χ1v) is 7.70.